The number of esters is 1. The molecule has 8 heteroatoms. The molecule has 0 aliphatic heterocycles. The number of nitrogens with zero attached hydrogens (tertiary/aromatic N) is 3. The van der Waals surface area contributed by atoms with Gasteiger partial charge in [0.2, 0.25) is 0 Å². The molecule has 0 atom stereocenters. The van der Waals surface area contributed by atoms with Crippen molar-refractivity contribution in [2.75, 3.05) is 0 Å². The van der Waals surface area contributed by atoms with Gasteiger partial charge in [-0.15, -0.1) is 23.1 Å². The number of rotatable bonds is 6. The van der Waals surface area contributed by atoms with Gasteiger partial charge in [0.15, 0.2) is 0 Å². The summed E-state index contributed by atoms with van der Waals surface area (Å²) in [6.07, 6.45) is 1.67. The van der Waals surface area contributed by atoms with E-state index in [4.69, 9.17) is 9.26 Å². The highest BCUT2D eigenvalue weighted by molar-refractivity contribution is 7.98. The van der Waals surface area contributed by atoms with Crippen molar-refractivity contribution in [3.63, 3.8) is 0 Å². The number of para-hydroxylation sites is 1. The molecule has 28 heavy (non-hydrogen) atoms. The Morgan fingerprint density at radius 1 is 1.21 bits per heavy atom. The lowest BCUT2D eigenvalue weighted by Gasteiger charge is -2.07. The largest absolute Gasteiger partial charge is 0.455 e. The van der Waals surface area contributed by atoms with E-state index in [9.17, 15) is 4.79 Å². The van der Waals surface area contributed by atoms with Crippen LogP contribution in [0.25, 0.3) is 10.2 Å². The molecule has 0 fully saturated rings. The zero-order valence-electron chi connectivity index (χ0n) is 15.3. The van der Waals surface area contributed by atoms with Crippen LogP contribution in [-0.2, 0) is 17.1 Å². The van der Waals surface area contributed by atoms with Crippen molar-refractivity contribution in [3.05, 3.63) is 70.2 Å². The number of thiazole rings is 1. The molecule has 4 rings (SSSR count). The highest BCUT2D eigenvalue weighted by Crippen LogP contribution is 2.28. The number of thioether (sulfide) groups is 1. The molecule has 0 saturated heterocycles. The van der Waals surface area contributed by atoms with E-state index in [1.54, 1.807) is 18.3 Å². The monoisotopic (exact) mass is 411 g/mol. The summed E-state index contributed by atoms with van der Waals surface area (Å²) < 4.78 is 11.8. The third kappa shape index (κ3) is 3.93. The fourth-order valence-electron chi connectivity index (χ4n) is 2.70. The summed E-state index contributed by atoms with van der Waals surface area (Å²) >= 11 is 2.99. The number of benzene rings is 1. The number of fused-ring (bicyclic) bond motifs is 1. The molecule has 0 spiro atoms. The molecule has 0 amide bonds. The van der Waals surface area contributed by atoms with Gasteiger partial charge in [0.25, 0.3) is 0 Å². The van der Waals surface area contributed by atoms with Crippen LogP contribution in [0.4, 0.5) is 0 Å². The lowest BCUT2D eigenvalue weighted by Crippen LogP contribution is -2.07. The number of hydrogen-bond donors (Lipinski definition) is 0. The van der Waals surface area contributed by atoms with Crippen LogP contribution in [0.3, 0.4) is 0 Å². The quantitative estimate of drug-likeness (QED) is 0.328. The Morgan fingerprint density at radius 3 is 2.86 bits per heavy atom. The van der Waals surface area contributed by atoms with Crippen molar-refractivity contribution in [1.29, 1.82) is 0 Å². The lowest BCUT2D eigenvalue weighted by molar-refractivity contribution is 0.0467. The summed E-state index contributed by atoms with van der Waals surface area (Å²) in [5, 5.41) is 5.35. The Kier molecular flexibility index (Phi) is 5.40. The predicted octanol–water partition coefficient (Wildman–Crippen LogP) is 4.95. The number of pyridine rings is 1. The third-order valence-electron chi connectivity index (χ3n) is 4.19. The number of aromatic nitrogens is 3. The van der Waals surface area contributed by atoms with Crippen LogP contribution in [0.15, 0.2) is 52.1 Å². The first-order chi connectivity index (χ1) is 13.6. The van der Waals surface area contributed by atoms with Crippen LogP contribution in [0.1, 0.15) is 32.4 Å². The van der Waals surface area contributed by atoms with E-state index in [-0.39, 0.29) is 6.61 Å². The summed E-state index contributed by atoms with van der Waals surface area (Å²) in [5.41, 5.74) is 3.22. The van der Waals surface area contributed by atoms with Crippen LogP contribution in [0, 0.1) is 13.8 Å². The molecular weight excluding hydrogens is 394 g/mol. The second kappa shape index (κ2) is 8.12. The van der Waals surface area contributed by atoms with Crippen molar-refractivity contribution < 1.29 is 14.1 Å². The number of ether oxygens (including phenoxy) is 1. The highest BCUT2D eigenvalue weighted by Gasteiger charge is 2.17. The normalized spacial score (nSPS) is 11.1. The summed E-state index contributed by atoms with van der Waals surface area (Å²) in [4.78, 5) is 21.5. The molecule has 0 unspecified atom stereocenters. The smallest absolute Gasteiger partial charge is 0.341 e. The molecule has 3 heterocycles. The van der Waals surface area contributed by atoms with Gasteiger partial charge in [-0.25, -0.2) is 14.8 Å². The first-order valence-corrected chi connectivity index (χ1v) is 10.4. The first-order valence-electron chi connectivity index (χ1n) is 8.63. The van der Waals surface area contributed by atoms with E-state index in [2.05, 4.69) is 15.1 Å². The maximum atomic E-state index is 12.6. The van der Waals surface area contributed by atoms with Crippen LogP contribution in [0.2, 0.25) is 0 Å². The summed E-state index contributed by atoms with van der Waals surface area (Å²) in [5.74, 6) is 0.991. The maximum absolute atomic E-state index is 12.6. The fourth-order valence-corrected chi connectivity index (χ4v) is 4.71. The van der Waals surface area contributed by atoms with Crippen molar-refractivity contribution >= 4 is 39.3 Å². The molecule has 0 aliphatic rings. The van der Waals surface area contributed by atoms with E-state index in [0.717, 1.165) is 32.2 Å². The van der Waals surface area contributed by atoms with Crippen LogP contribution < -0.4 is 0 Å². The molecule has 0 saturated carbocycles. The number of hydrogen-bond acceptors (Lipinski definition) is 8. The van der Waals surface area contributed by atoms with Gasteiger partial charge in [-0.1, -0.05) is 17.3 Å². The topological polar surface area (TPSA) is 78.1 Å². The Bertz CT molecular complexity index is 1080. The molecule has 0 bridgehead atoms. The predicted molar refractivity (Wildman–Crippen MR) is 109 cm³/mol. The minimum absolute atomic E-state index is 0.140. The Balaban J connectivity index is 1.45. The fraction of sp³-hybridized carbons (Fsp3) is 0.200. The SMILES string of the molecule is Cc1noc(C)c1CSc1ncccc1C(=O)OCc1nc2ccccc2s1. The van der Waals surface area contributed by atoms with Gasteiger partial charge in [0, 0.05) is 17.5 Å². The zero-order valence-corrected chi connectivity index (χ0v) is 17.0. The highest BCUT2D eigenvalue weighted by atomic mass is 32.2. The minimum Gasteiger partial charge on any atom is -0.455 e. The minimum atomic E-state index is -0.409. The van der Waals surface area contributed by atoms with Gasteiger partial charge in [-0.05, 0) is 38.1 Å². The van der Waals surface area contributed by atoms with Gasteiger partial charge in [-0.3, -0.25) is 0 Å². The molecular formula is C20H17N3O3S2. The van der Waals surface area contributed by atoms with E-state index in [1.807, 2.05) is 38.1 Å². The zero-order chi connectivity index (χ0) is 19.5. The molecule has 3 aromatic heterocycles. The number of aryl methyl sites for hydroxylation is 2. The van der Waals surface area contributed by atoms with E-state index in [1.165, 1.54) is 23.1 Å². The van der Waals surface area contributed by atoms with Gasteiger partial charge < -0.3 is 9.26 Å². The molecule has 0 N–H and O–H groups in total. The summed E-state index contributed by atoms with van der Waals surface area (Å²) in [6.45, 7) is 3.92. The average Bonchev–Trinajstić information content (AvgIpc) is 3.27. The van der Waals surface area contributed by atoms with Gasteiger partial charge in [0.05, 0.1) is 21.5 Å². The second-order valence-corrected chi connectivity index (χ2v) is 8.18. The second-order valence-electron chi connectivity index (χ2n) is 6.10. The van der Waals surface area contributed by atoms with Crippen molar-refractivity contribution in [3.8, 4) is 0 Å². The van der Waals surface area contributed by atoms with Crippen molar-refractivity contribution in [2.24, 2.45) is 0 Å². The lowest BCUT2D eigenvalue weighted by atomic mass is 10.2. The van der Waals surface area contributed by atoms with Gasteiger partial charge in [0.1, 0.15) is 22.4 Å². The van der Waals surface area contributed by atoms with Crippen molar-refractivity contribution in [2.45, 2.75) is 31.2 Å². The van der Waals surface area contributed by atoms with E-state index in [0.29, 0.717) is 16.3 Å². The van der Waals surface area contributed by atoms with Crippen LogP contribution in [0.5, 0.6) is 0 Å². The van der Waals surface area contributed by atoms with Gasteiger partial charge in [-0.2, -0.15) is 0 Å². The Hall–Kier alpha value is -2.71. The Morgan fingerprint density at radius 2 is 2.07 bits per heavy atom. The van der Waals surface area contributed by atoms with Crippen molar-refractivity contribution in [1.82, 2.24) is 15.1 Å². The molecule has 4 aromatic rings. The molecule has 0 aliphatic carbocycles. The average molecular weight is 412 g/mol. The standard InChI is InChI=1S/C20H17N3O3S2/c1-12-15(13(2)26-23-12)11-27-19-14(6-5-9-21-19)20(24)25-10-18-22-16-7-3-4-8-17(16)28-18/h3-9H,10-11H2,1-2H3. The van der Waals surface area contributed by atoms with Crippen LogP contribution >= 0.6 is 23.1 Å². The third-order valence-corrected chi connectivity index (χ3v) is 6.23. The van der Waals surface area contributed by atoms with E-state index >= 15 is 0 Å². The Labute approximate surface area is 169 Å². The maximum Gasteiger partial charge on any atom is 0.341 e. The number of carbonyl (C=O) groups excluding carboxylic acids is 1. The molecule has 0 radical (unpaired) electrons. The molecule has 1 aromatic carbocycles. The number of carbonyl (C=O) groups is 1. The first kappa shape index (κ1) is 18.6. The summed E-state index contributed by atoms with van der Waals surface area (Å²) in [6, 6.07) is 11.3. The van der Waals surface area contributed by atoms with E-state index < -0.39 is 5.97 Å². The van der Waals surface area contributed by atoms with Gasteiger partial charge >= 0.3 is 5.97 Å². The molecule has 142 valence electrons. The van der Waals surface area contributed by atoms with Crippen LogP contribution in [-0.4, -0.2) is 21.1 Å². The summed E-state index contributed by atoms with van der Waals surface area (Å²) in [7, 11) is 0. The molecule has 6 nitrogen and oxygen atoms in total.